The van der Waals surface area contributed by atoms with E-state index in [0.717, 1.165) is 0 Å². The molecule has 1 aromatic carbocycles. The largest absolute Gasteiger partial charge is 0.480 e. The number of fused-ring (bicyclic) bond motifs is 1. The summed E-state index contributed by atoms with van der Waals surface area (Å²) in [6, 6.07) is -3.82. The molecule has 378 valence electrons. The number of carboxylic acids is 1. The molecule has 9 amide bonds. The zero-order chi connectivity index (χ0) is 51.6. The molecule has 0 spiro atoms. The summed E-state index contributed by atoms with van der Waals surface area (Å²) in [6.45, 7) is 10.2. The van der Waals surface area contributed by atoms with Gasteiger partial charge in [0.2, 0.25) is 53.2 Å². The van der Waals surface area contributed by atoms with Gasteiger partial charge < -0.3 is 69.2 Å². The van der Waals surface area contributed by atoms with Crippen molar-refractivity contribution in [3.8, 4) is 0 Å². The van der Waals surface area contributed by atoms with Gasteiger partial charge in [-0.25, -0.2) is 4.79 Å². The molecule has 0 aliphatic rings. The molecule has 25 heteroatoms. The molecular weight excluding hydrogens is 927 g/mol. The number of thiol groups is 2. The molecule has 0 saturated carbocycles. The average molecular weight is 994 g/mol. The summed E-state index contributed by atoms with van der Waals surface area (Å²) < 4.78 is 0. The fourth-order valence-corrected chi connectivity index (χ4v) is 7.06. The first kappa shape index (κ1) is 58.2. The van der Waals surface area contributed by atoms with Crippen molar-refractivity contribution < 1.29 is 58.2 Å². The van der Waals surface area contributed by atoms with Gasteiger partial charge in [0.1, 0.15) is 42.3 Å². The summed E-state index contributed by atoms with van der Waals surface area (Å²) in [5.74, 6) is -11.3. The van der Waals surface area contributed by atoms with Crippen molar-refractivity contribution in [1.29, 1.82) is 0 Å². The number of hydrogen-bond donors (Lipinski definition) is 15. The van der Waals surface area contributed by atoms with Gasteiger partial charge >= 0.3 is 5.97 Å². The van der Waals surface area contributed by atoms with Crippen molar-refractivity contribution in [1.82, 2.24) is 47.5 Å². The van der Waals surface area contributed by atoms with E-state index >= 15 is 0 Å². The maximum Gasteiger partial charge on any atom is 0.326 e. The van der Waals surface area contributed by atoms with Crippen molar-refractivity contribution in [2.45, 2.75) is 122 Å². The minimum Gasteiger partial charge on any atom is -0.480 e. The second-order valence-electron chi connectivity index (χ2n) is 17.1. The molecule has 0 saturated heterocycles. The third kappa shape index (κ3) is 17.6. The van der Waals surface area contributed by atoms with E-state index in [1.807, 2.05) is 0 Å². The number of amides is 9. The number of aromatic amines is 1. The van der Waals surface area contributed by atoms with Crippen LogP contribution < -0.4 is 54.0 Å². The van der Waals surface area contributed by atoms with Crippen LogP contribution >= 0.6 is 25.3 Å². The van der Waals surface area contributed by atoms with Crippen LogP contribution in [0.4, 0.5) is 0 Å². The lowest BCUT2D eigenvalue weighted by Gasteiger charge is -2.28. The van der Waals surface area contributed by atoms with Gasteiger partial charge in [0.05, 0.1) is 25.1 Å². The zero-order valence-electron chi connectivity index (χ0n) is 39.1. The minimum atomic E-state index is -1.65. The zero-order valence-corrected chi connectivity index (χ0v) is 40.9. The SMILES string of the molecule is CC[C@H](C)[C@H](NC(=O)[C@@H](N)CS)C(=O)N[C@@H](CC(N)=O)C(=O)NCC(=O)N[C@H](C(=O)N[C@@H](CS)C(=O)N[C@@H](Cc1c[nH]c2ccccc12)C(=O)N[C@H](C(=O)N[C@H](C(=O)O)C(C)C)[C@@H](C)O)C(C)C. The number of benzene rings is 1. The summed E-state index contributed by atoms with van der Waals surface area (Å²) in [4.78, 5) is 134. The van der Waals surface area contributed by atoms with E-state index in [9.17, 15) is 58.2 Å². The molecule has 68 heavy (non-hydrogen) atoms. The van der Waals surface area contributed by atoms with Crippen LogP contribution in [0, 0.1) is 17.8 Å². The predicted molar refractivity (Wildman–Crippen MR) is 256 cm³/mol. The van der Waals surface area contributed by atoms with Gasteiger partial charge in [0.25, 0.3) is 0 Å². The summed E-state index contributed by atoms with van der Waals surface area (Å²) in [5, 5.41) is 40.4. The smallest absolute Gasteiger partial charge is 0.326 e. The summed E-state index contributed by atoms with van der Waals surface area (Å²) in [6.07, 6.45) is -0.298. The Hall–Kier alpha value is -5.92. The molecule has 0 unspecified atom stereocenters. The lowest BCUT2D eigenvalue weighted by Crippen LogP contribution is -2.62. The molecule has 0 radical (unpaired) electrons. The van der Waals surface area contributed by atoms with Gasteiger partial charge in [-0.3, -0.25) is 43.2 Å². The number of carboxylic acid groups (broad SMARTS) is 1. The van der Waals surface area contributed by atoms with E-state index < -0.39 is 144 Å². The number of hydrogen-bond acceptors (Lipinski definition) is 14. The van der Waals surface area contributed by atoms with Crippen molar-refractivity contribution in [2.24, 2.45) is 29.2 Å². The van der Waals surface area contributed by atoms with Crippen molar-refractivity contribution >= 4 is 95.3 Å². The first-order valence-electron chi connectivity index (χ1n) is 22.0. The second-order valence-corrected chi connectivity index (χ2v) is 17.8. The molecule has 0 aliphatic heterocycles. The first-order chi connectivity index (χ1) is 31.9. The Balaban J connectivity index is 2.26. The van der Waals surface area contributed by atoms with Crippen LogP contribution in [0.15, 0.2) is 30.5 Å². The average Bonchev–Trinajstić information content (AvgIpc) is 3.69. The van der Waals surface area contributed by atoms with Crippen LogP contribution in [-0.4, -0.2) is 147 Å². The maximum atomic E-state index is 14.0. The van der Waals surface area contributed by atoms with Gasteiger partial charge in [-0.15, -0.1) is 0 Å². The summed E-state index contributed by atoms with van der Waals surface area (Å²) >= 11 is 8.24. The number of primary amides is 1. The highest BCUT2D eigenvalue weighted by molar-refractivity contribution is 7.80. The molecule has 1 heterocycles. The van der Waals surface area contributed by atoms with Crippen LogP contribution in [0.1, 0.15) is 66.9 Å². The van der Waals surface area contributed by atoms with Gasteiger partial charge in [-0.2, -0.15) is 25.3 Å². The standard InChI is InChI=1S/C43H67N11O12S2/c1-8-21(6)34(53-36(58)25(44)17-67)41(63)49-28(14-30(45)56)37(59)47-16-31(57)51-32(19(2)3)40(62)50-29(18-68)39(61)48-27(13-23-15-46-26-12-10-9-11-24(23)26)38(60)54-35(22(7)55)42(64)52-33(20(4)5)43(65)66/h9-12,15,19-22,25,27-29,32-35,46,55,67-68H,8,13-14,16-18,44H2,1-7H3,(H2,45,56)(H,47,59)(H,48,61)(H,49,63)(H,50,62)(H,51,57)(H,52,64)(H,53,58)(H,54,60)(H,65,66)/t21-,22+,25-,27-,28-,29-,32-,33-,34-,35-/m0/s1. The Bertz CT molecular complexity index is 2120. The predicted octanol–water partition coefficient (Wildman–Crippen LogP) is -2.89. The highest BCUT2D eigenvalue weighted by Gasteiger charge is 2.36. The van der Waals surface area contributed by atoms with Crippen molar-refractivity contribution in [2.75, 3.05) is 18.1 Å². The third-order valence-corrected chi connectivity index (χ3v) is 11.7. The molecular formula is C43H67N11O12S2. The highest BCUT2D eigenvalue weighted by atomic mass is 32.1. The lowest BCUT2D eigenvalue weighted by atomic mass is 9.97. The quantitative estimate of drug-likeness (QED) is 0.0381. The Kier molecular flexibility index (Phi) is 23.8. The van der Waals surface area contributed by atoms with Crippen LogP contribution in [0.25, 0.3) is 10.9 Å². The van der Waals surface area contributed by atoms with Crippen molar-refractivity contribution in [3.05, 3.63) is 36.0 Å². The summed E-state index contributed by atoms with van der Waals surface area (Å²) in [5.41, 5.74) is 12.4. The highest BCUT2D eigenvalue weighted by Crippen LogP contribution is 2.20. The number of rotatable bonds is 28. The number of para-hydroxylation sites is 1. The molecule has 0 aliphatic carbocycles. The van der Waals surface area contributed by atoms with Gasteiger partial charge in [-0.05, 0) is 36.3 Å². The molecule has 15 N–H and O–H groups in total. The molecule has 0 fully saturated rings. The van der Waals surface area contributed by atoms with E-state index in [4.69, 9.17) is 11.5 Å². The molecule has 2 rings (SSSR count). The molecule has 0 bridgehead atoms. The number of carbonyl (C=O) groups excluding carboxylic acids is 9. The van der Waals surface area contributed by atoms with E-state index in [1.165, 1.54) is 6.92 Å². The van der Waals surface area contributed by atoms with Crippen LogP contribution in [-0.2, 0) is 54.4 Å². The monoisotopic (exact) mass is 993 g/mol. The maximum absolute atomic E-state index is 14.0. The molecule has 23 nitrogen and oxygen atoms in total. The molecule has 10 atom stereocenters. The number of nitrogens with one attached hydrogen (secondary N) is 9. The second kappa shape index (κ2) is 27.8. The van der Waals surface area contributed by atoms with Crippen LogP contribution in [0.5, 0.6) is 0 Å². The van der Waals surface area contributed by atoms with Crippen LogP contribution in [0.2, 0.25) is 0 Å². The topological polar surface area (TPSA) is 375 Å². The Morgan fingerprint density at radius 1 is 0.647 bits per heavy atom. The lowest BCUT2D eigenvalue weighted by molar-refractivity contribution is -0.144. The number of carbonyl (C=O) groups is 10. The van der Waals surface area contributed by atoms with Gasteiger partial charge in [0.15, 0.2) is 0 Å². The van der Waals surface area contributed by atoms with E-state index in [-0.39, 0.29) is 17.9 Å². The van der Waals surface area contributed by atoms with Gasteiger partial charge in [-0.1, -0.05) is 66.2 Å². The summed E-state index contributed by atoms with van der Waals surface area (Å²) in [7, 11) is 0. The number of aromatic nitrogens is 1. The minimum absolute atomic E-state index is 0.0106. The Labute approximate surface area is 405 Å². The fourth-order valence-electron chi connectivity index (χ4n) is 6.64. The van der Waals surface area contributed by atoms with Crippen LogP contribution in [0.3, 0.4) is 0 Å². The van der Waals surface area contributed by atoms with E-state index in [1.54, 1.807) is 72.0 Å². The number of nitrogens with two attached hydrogens (primary N) is 2. The number of aliphatic hydroxyl groups is 1. The Morgan fingerprint density at radius 3 is 1.72 bits per heavy atom. The number of aliphatic carboxylic acids is 1. The van der Waals surface area contributed by atoms with E-state index in [0.29, 0.717) is 22.9 Å². The number of H-pyrrole nitrogens is 1. The van der Waals surface area contributed by atoms with E-state index in [2.05, 4.69) is 72.8 Å². The first-order valence-corrected chi connectivity index (χ1v) is 23.2. The van der Waals surface area contributed by atoms with Crippen molar-refractivity contribution in [3.63, 3.8) is 0 Å². The number of aliphatic hydroxyl groups excluding tert-OH is 1. The fraction of sp³-hybridized carbons (Fsp3) is 0.581. The Morgan fingerprint density at radius 2 is 1.18 bits per heavy atom. The molecule has 2 aromatic rings. The molecule has 1 aromatic heterocycles. The van der Waals surface area contributed by atoms with Gasteiger partial charge in [0, 0.05) is 35.0 Å². The normalized spacial score (nSPS) is 15.7. The third-order valence-electron chi connectivity index (χ3n) is 10.9.